The average Bonchev–Trinajstić information content (AvgIpc) is 2.53. The van der Waals surface area contributed by atoms with Gasteiger partial charge in [0.15, 0.2) is 0 Å². The van der Waals surface area contributed by atoms with Gasteiger partial charge < -0.3 is 10.2 Å². The van der Waals surface area contributed by atoms with Gasteiger partial charge in [-0.1, -0.05) is 17.7 Å². The van der Waals surface area contributed by atoms with Crippen LogP contribution in [0.25, 0.3) is 0 Å². The van der Waals surface area contributed by atoms with E-state index in [1.54, 1.807) is 12.1 Å². The fourth-order valence-electron chi connectivity index (χ4n) is 2.02. The van der Waals surface area contributed by atoms with Crippen LogP contribution in [0.3, 0.4) is 0 Å². The third-order valence-corrected chi connectivity index (χ3v) is 3.30. The van der Waals surface area contributed by atoms with Gasteiger partial charge in [-0.25, -0.2) is 0 Å². The van der Waals surface area contributed by atoms with Gasteiger partial charge in [0.2, 0.25) is 0 Å². The Morgan fingerprint density at radius 1 is 1.47 bits per heavy atom. The molecule has 1 fully saturated rings. The minimum absolute atomic E-state index is 0.0726. The zero-order valence-electron chi connectivity index (χ0n) is 9.95. The zero-order chi connectivity index (χ0) is 12.3. The van der Waals surface area contributed by atoms with E-state index in [-0.39, 0.29) is 5.91 Å². The van der Waals surface area contributed by atoms with Gasteiger partial charge in [-0.15, -0.1) is 0 Å². The molecule has 17 heavy (non-hydrogen) atoms. The Kier molecular flexibility index (Phi) is 4.02. The number of halogens is 1. The average molecular weight is 253 g/mol. The highest BCUT2D eigenvalue weighted by atomic mass is 35.5. The minimum Gasteiger partial charge on any atom is -0.337 e. The Hall–Kier alpha value is -1.06. The van der Waals surface area contributed by atoms with E-state index in [1.807, 2.05) is 17.0 Å². The Morgan fingerprint density at radius 2 is 2.29 bits per heavy atom. The van der Waals surface area contributed by atoms with E-state index in [0.29, 0.717) is 16.6 Å². The Labute approximate surface area is 107 Å². The Morgan fingerprint density at radius 3 is 3.06 bits per heavy atom. The molecule has 1 aliphatic rings. The van der Waals surface area contributed by atoms with Gasteiger partial charge in [0.25, 0.3) is 5.91 Å². The fourth-order valence-corrected chi connectivity index (χ4v) is 2.21. The first-order valence-corrected chi connectivity index (χ1v) is 6.33. The number of carbonyl (C=O) groups is 1. The number of hydrogen-bond acceptors (Lipinski definition) is 2. The predicted octanol–water partition coefficient (Wildman–Crippen LogP) is 2.16. The van der Waals surface area contributed by atoms with Gasteiger partial charge >= 0.3 is 0 Å². The van der Waals surface area contributed by atoms with E-state index in [9.17, 15) is 4.79 Å². The van der Waals surface area contributed by atoms with Crippen LogP contribution < -0.4 is 5.32 Å². The van der Waals surface area contributed by atoms with Crippen LogP contribution in [0.1, 0.15) is 23.7 Å². The minimum atomic E-state index is 0.0726. The van der Waals surface area contributed by atoms with Crippen molar-refractivity contribution >= 4 is 17.5 Å². The van der Waals surface area contributed by atoms with Crippen LogP contribution in [0.5, 0.6) is 0 Å². The summed E-state index contributed by atoms with van der Waals surface area (Å²) in [6, 6.07) is 7.62. The molecule has 0 bridgehead atoms. The van der Waals surface area contributed by atoms with Crippen LogP contribution in [0, 0.1) is 0 Å². The fraction of sp³-hybridized carbons (Fsp3) is 0.462. The van der Waals surface area contributed by atoms with Gasteiger partial charge in [0.1, 0.15) is 0 Å². The normalized spacial score (nSPS) is 21.1. The molecule has 0 aromatic heterocycles. The summed E-state index contributed by atoms with van der Waals surface area (Å²) in [6.45, 7) is 4.57. The maximum Gasteiger partial charge on any atom is 0.253 e. The monoisotopic (exact) mass is 252 g/mol. The SMILES string of the molecule is CC1CCN(C(=O)c2cccc(Cl)c2)CCN1. The summed E-state index contributed by atoms with van der Waals surface area (Å²) in [7, 11) is 0. The maximum absolute atomic E-state index is 12.3. The number of rotatable bonds is 1. The highest BCUT2D eigenvalue weighted by Crippen LogP contribution is 2.13. The van der Waals surface area contributed by atoms with Crippen molar-refractivity contribution in [1.29, 1.82) is 0 Å². The molecule has 0 aliphatic carbocycles. The van der Waals surface area contributed by atoms with E-state index < -0.39 is 0 Å². The third kappa shape index (κ3) is 3.20. The summed E-state index contributed by atoms with van der Waals surface area (Å²) in [5.74, 6) is 0.0726. The Bertz CT molecular complexity index is 408. The van der Waals surface area contributed by atoms with Crippen molar-refractivity contribution in [3.8, 4) is 0 Å². The molecule has 92 valence electrons. The molecule has 1 unspecified atom stereocenters. The number of hydrogen-bond donors (Lipinski definition) is 1. The lowest BCUT2D eigenvalue weighted by Crippen LogP contribution is -2.34. The molecule has 1 heterocycles. The molecule has 1 atom stereocenters. The van der Waals surface area contributed by atoms with Crippen molar-refractivity contribution in [2.75, 3.05) is 19.6 Å². The molecular formula is C13H17ClN2O. The van der Waals surface area contributed by atoms with Gasteiger partial charge in [-0.2, -0.15) is 0 Å². The predicted molar refractivity (Wildman–Crippen MR) is 69.4 cm³/mol. The van der Waals surface area contributed by atoms with E-state index >= 15 is 0 Å². The molecule has 1 aromatic carbocycles. The van der Waals surface area contributed by atoms with Gasteiger partial charge in [0.05, 0.1) is 0 Å². The molecule has 1 aliphatic heterocycles. The van der Waals surface area contributed by atoms with Crippen molar-refractivity contribution in [2.45, 2.75) is 19.4 Å². The standard InChI is InChI=1S/C13H17ClN2O/c1-10-5-7-16(8-6-15-10)13(17)11-3-2-4-12(14)9-11/h2-4,9-10,15H,5-8H2,1H3. The summed E-state index contributed by atoms with van der Waals surface area (Å²) in [4.78, 5) is 14.1. The molecular weight excluding hydrogens is 236 g/mol. The highest BCUT2D eigenvalue weighted by molar-refractivity contribution is 6.30. The second-order valence-corrected chi connectivity index (χ2v) is 4.88. The molecule has 4 heteroatoms. The first kappa shape index (κ1) is 12.4. The second-order valence-electron chi connectivity index (χ2n) is 4.45. The third-order valence-electron chi connectivity index (χ3n) is 3.07. The molecule has 1 N–H and O–H groups in total. The second kappa shape index (κ2) is 5.52. The summed E-state index contributed by atoms with van der Waals surface area (Å²) in [5.41, 5.74) is 0.673. The summed E-state index contributed by atoms with van der Waals surface area (Å²) in [6.07, 6.45) is 0.992. The van der Waals surface area contributed by atoms with Crippen molar-refractivity contribution in [3.05, 3.63) is 34.9 Å². The van der Waals surface area contributed by atoms with Gasteiger partial charge in [-0.3, -0.25) is 4.79 Å². The van der Waals surface area contributed by atoms with Gasteiger partial charge in [-0.05, 0) is 31.5 Å². The number of benzene rings is 1. The molecule has 0 radical (unpaired) electrons. The first-order valence-electron chi connectivity index (χ1n) is 5.95. The first-order chi connectivity index (χ1) is 8.16. The zero-order valence-corrected chi connectivity index (χ0v) is 10.7. The smallest absolute Gasteiger partial charge is 0.253 e. The van der Waals surface area contributed by atoms with Crippen LogP contribution in [0.2, 0.25) is 5.02 Å². The lowest BCUT2D eigenvalue weighted by Gasteiger charge is -2.20. The summed E-state index contributed by atoms with van der Waals surface area (Å²) >= 11 is 5.90. The van der Waals surface area contributed by atoms with Crippen molar-refractivity contribution < 1.29 is 4.79 Å². The van der Waals surface area contributed by atoms with Crippen molar-refractivity contribution in [2.24, 2.45) is 0 Å². The summed E-state index contributed by atoms with van der Waals surface area (Å²) < 4.78 is 0. The molecule has 0 spiro atoms. The lowest BCUT2D eigenvalue weighted by molar-refractivity contribution is 0.0765. The molecule has 1 saturated heterocycles. The van der Waals surface area contributed by atoms with Crippen LogP contribution in [-0.4, -0.2) is 36.5 Å². The largest absolute Gasteiger partial charge is 0.337 e. The topological polar surface area (TPSA) is 32.3 Å². The molecule has 2 rings (SSSR count). The number of nitrogens with zero attached hydrogens (tertiary/aromatic N) is 1. The highest BCUT2D eigenvalue weighted by Gasteiger charge is 2.19. The van der Waals surface area contributed by atoms with Crippen LogP contribution in [0.15, 0.2) is 24.3 Å². The Balaban J connectivity index is 2.09. The van der Waals surface area contributed by atoms with E-state index in [4.69, 9.17) is 11.6 Å². The molecule has 1 amide bonds. The molecule has 1 aromatic rings. The number of carbonyl (C=O) groups excluding carboxylic acids is 1. The van der Waals surface area contributed by atoms with Crippen LogP contribution in [-0.2, 0) is 0 Å². The van der Waals surface area contributed by atoms with Crippen LogP contribution >= 0.6 is 11.6 Å². The molecule has 0 saturated carbocycles. The van der Waals surface area contributed by atoms with Crippen molar-refractivity contribution in [3.63, 3.8) is 0 Å². The number of amides is 1. The maximum atomic E-state index is 12.3. The van der Waals surface area contributed by atoms with E-state index in [2.05, 4.69) is 12.2 Å². The summed E-state index contributed by atoms with van der Waals surface area (Å²) in [5, 5.41) is 3.98. The quantitative estimate of drug-likeness (QED) is 0.831. The van der Waals surface area contributed by atoms with E-state index in [1.165, 1.54) is 0 Å². The van der Waals surface area contributed by atoms with Crippen LogP contribution in [0.4, 0.5) is 0 Å². The molecule has 3 nitrogen and oxygen atoms in total. The lowest BCUT2D eigenvalue weighted by atomic mass is 10.2. The number of nitrogens with one attached hydrogen (secondary N) is 1. The van der Waals surface area contributed by atoms with E-state index in [0.717, 1.165) is 26.1 Å². The van der Waals surface area contributed by atoms with Crippen molar-refractivity contribution in [1.82, 2.24) is 10.2 Å². The van der Waals surface area contributed by atoms with Gasteiger partial charge in [0, 0.05) is 36.3 Å².